The van der Waals surface area contributed by atoms with Crippen molar-refractivity contribution in [2.24, 2.45) is 0 Å². The average molecular weight is 424 g/mol. The lowest BCUT2D eigenvalue weighted by Crippen LogP contribution is -2.36. The highest BCUT2D eigenvalue weighted by Crippen LogP contribution is 2.38. The summed E-state index contributed by atoms with van der Waals surface area (Å²) >= 11 is 0. The Morgan fingerprint density at radius 1 is 1.26 bits per heavy atom. The lowest BCUT2D eigenvalue weighted by atomic mass is 9.95. The first-order valence-electron chi connectivity index (χ1n) is 10.2. The van der Waals surface area contributed by atoms with Gasteiger partial charge in [-0.2, -0.15) is 0 Å². The summed E-state index contributed by atoms with van der Waals surface area (Å²) in [7, 11) is 3.80. The Hall–Kier alpha value is -3.32. The number of aliphatic hydroxyl groups excluding tert-OH is 1. The number of hydrogen-bond acceptors (Lipinski definition) is 6. The molecule has 1 aliphatic rings. The van der Waals surface area contributed by atoms with Crippen molar-refractivity contribution < 1.29 is 23.8 Å². The van der Waals surface area contributed by atoms with Gasteiger partial charge in [0.2, 0.25) is 0 Å². The van der Waals surface area contributed by atoms with Gasteiger partial charge in [-0.3, -0.25) is 9.59 Å². The van der Waals surface area contributed by atoms with Crippen molar-refractivity contribution in [2.75, 3.05) is 27.2 Å². The topological polar surface area (TPSA) is 83.2 Å². The minimum absolute atomic E-state index is 0.0308. The smallest absolute Gasteiger partial charge is 0.290 e. The van der Waals surface area contributed by atoms with Gasteiger partial charge in [0.05, 0.1) is 24.0 Å². The fourth-order valence-corrected chi connectivity index (χ4v) is 3.42. The SMILES string of the molecule is CC(C)Oc1ccc(C2C(C(=O)C=Cc3ccco3)=C(O)C(=O)N2CCN(C)C)cc1. The summed E-state index contributed by atoms with van der Waals surface area (Å²) in [5.41, 5.74) is 0.783. The summed E-state index contributed by atoms with van der Waals surface area (Å²) < 4.78 is 10.9. The van der Waals surface area contributed by atoms with Crippen molar-refractivity contribution in [3.63, 3.8) is 0 Å². The van der Waals surface area contributed by atoms with E-state index in [4.69, 9.17) is 9.15 Å². The Morgan fingerprint density at radius 2 is 1.97 bits per heavy atom. The molecule has 7 heteroatoms. The van der Waals surface area contributed by atoms with E-state index < -0.39 is 23.5 Å². The van der Waals surface area contributed by atoms with Crippen LogP contribution in [0.2, 0.25) is 0 Å². The molecule has 0 radical (unpaired) electrons. The summed E-state index contributed by atoms with van der Waals surface area (Å²) in [6.45, 7) is 4.84. The monoisotopic (exact) mass is 424 g/mol. The van der Waals surface area contributed by atoms with Gasteiger partial charge in [0.15, 0.2) is 11.5 Å². The first-order valence-corrected chi connectivity index (χ1v) is 10.2. The van der Waals surface area contributed by atoms with E-state index >= 15 is 0 Å². The van der Waals surface area contributed by atoms with Crippen molar-refractivity contribution in [2.45, 2.75) is 26.0 Å². The summed E-state index contributed by atoms with van der Waals surface area (Å²) in [5, 5.41) is 10.6. The zero-order valence-electron chi connectivity index (χ0n) is 18.2. The zero-order chi connectivity index (χ0) is 22.5. The minimum Gasteiger partial charge on any atom is -0.503 e. The molecule has 1 aromatic carbocycles. The molecule has 3 rings (SSSR count). The molecule has 1 amide bonds. The van der Waals surface area contributed by atoms with Crippen LogP contribution >= 0.6 is 0 Å². The van der Waals surface area contributed by atoms with Crippen LogP contribution in [0.5, 0.6) is 5.75 Å². The molecule has 1 atom stereocenters. The summed E-state index contributed by atoms with van der Waals surface area (Å²) in [6, 6.07) is 9.99. The fourth-order valence-electron chi connectivity index (χ4n) is 3.42. The Morgan fingerprint density at radius 3 is 2.55 bits per heavy atom. The highest BCUT2D eigenvalue weighted by Gasteiger charge is 2.42. The number of hydrogen-bond donors (Lipinski definition) is 1. The highest BCUT2D eigenvalue weighted by molar-refractivity contribution is 6.14. The largest absolute Gasteiger partial charge is 0.503 e. The molecular weight excluding hydrogens is 396 g/mol. The van der Waals surface area contributed by atoms with Crippen LogP contribution in [0.15, 0.2) is 64.5 Å². The van der Waals surface area contributed by atoms with Gasteiger partial charge in [0.1, 0.15) is 11.5 Å². The number of amides is 1. The van der Waals surface area contributed by atoms with E-state index in [9.17, 15) is 14.7 Å². The van der Waals surface area contributed by atoms with Crippen LogP contribution < -0.4 is 4.74 Å². The molecule has 1 N–H and O–H groups in total. The van der Waals surface area contributed by atoms with E-state index in [0.29, 0.717) is 24.6 Å². The van der Waals surface area contributed by atoms with Gasteiger partial charge < -0.3 is 24.1 Å². The molecule has 31 heavy (non-hydrogen) atoms. The van der Waals surface area contributed by atoms with Gasteiger partial charge in [-0.1, -0.05) is 12.1 Å². The number of carbonyl (C=O) groups excluding carboxylic acids is 2. The standard InChI is InChI=1S/C24H28N2O5/c1-16(2)31-19-9-7-17(8-10-19)22-21(20(27)12-11-18-6-5-15-30-18)23(28)24(29)26(22)14-13-25(3)4/h5-12,15-16,22,28H,13-14H2,1-4H3. The number of ether oxygens (including phenoxy) is 1. The number of carbonyl (C=O) groups is 2. The van der Waals surface area contributed by atoms with Crippen LogP contribution in [-0.2, 0) is 9.59 Å². The van der Waals surface area contributed by atoms with Crippen molar-refractivity contribution in [3.8, 4) is 5.75 Å². The third-order valence-corrected chi connectivity index (χ3v) is 4.87. The molecule has 0 spiro atoms. The number of aliphatic hydroxyl groups is 1. The third-order valence-electron chi connectivity index (χ3n) is 4.87. The molecule has 0 bridgehead atoms. The molecule has 0 saturated carbocycles. The number of ketones is 1. The van der Waals surface area contributed by atoms with E-state index in [-0.39, 0.29) is 11.7 Å². The molecule has 2 heterocycles. The van der Waals surface area contributed by atoms with E-state index in [1.165, 1.54) is 23.3 Å². The summed E-state index contributed by atoms with van der Waals surface area (Å²) in [5.74, 6) is -0.303. The first-order chi connectivity index (χ1) is 14.8. The first kappa shape index (κ1) is 22.4. The quantitative estimate of drug-likeness (QED) is 0.619. The molecule has 164 valence electrons. The molecule has 1 unspecified atom stereocenters. The van der Waals surface area contributed by atoms with Crippen LogP contribution in [-0.4, -0.2) is 59.9 Å². The second kappa shape index (κ2) is 9.66. The number of nitrogens with zero attached hydrogens (tertiary/aromatic N) is 2. The molecule has 0 fully saturated rings. The molecule has 1 aromatic heterocycles. The van der Waals surface area contributed by atoms with E-state index in [0.717, 1.165) is 5.56 Å². The number of benzene rings is 1. The highest BCUT2D eigenvalue weighted by atomic mass is 16.5. The maximum atomic E-state index is 13.0. The van der Waals surface area contributed by atoms with E-state index in [2.05, 4.69) is 0 Å². The number of allylic oxidation sites excluding steroid dienone is 1. The Kier molecular flexibility index (Phi) is 6.97. The number of rotatable bonds is 9. The van der Waals surface area contributed by atoms with Crippen molar-refractivity contribution in [3.05, 3.63) is 71.4 Å². The molecule has 7 nitrogen and oxygen atoms in total. The molecule has 1 aliphatic heterocycles. The maximum Gasteiger partial charge on any atom is 0.290 e. The van der Waals surface area contributed by atoms with Gasteiger partial charge in [0.25, 0.3) is 5.91 Å². The van der Waals surface area contributed by atoms with Crippen LogP contribution in [0, 0.1) is 0 Å². The second-order valence-corrected chi connectivity index (χ2v) is 7.92. The normalized spacial score (nSPS) is 16.9. The van der Waals surface area contributed by atoms with Crippen molar-refractivity contribution in [1.29, 1.82) is 0 Å². The van der Waals surface area contributed by atoms with Gasteiger partial charge in [0, 0.05) is 13.1 Å². The average Bonchev–Trinajstić information content (AvgIpc) is 3.32. The predicted molar refractivity (Wildman–Crippen MR) is 118 cm³/mol. The second-order valence-electron chi connectivity index (χ2n) is 7.92. The predicted octanol–water partition coefficient (Wildman–Crippen LogP) is 3.61. The molecular formula is C24H28N2O5. The summed E-state index contributed by atoms with van der Waals surface area (Å²) in [4.78, 5) is 29.3. The Bertz CT molecular complexity index is 972. The van der Waals surface area contributed by atoms with Gasteiger partial charge >= 0.3 is 0 Å². The lowest BCUT2D eigenvalue weighted by Gasteiger charge is -2.28. The number of likely N-dealkylation sites (N-methyl/N-ethyl adjacent to an activating group) is 1. The fraction of sp³-hybridized carbons (Fsp3) is 0.333. The van der Waals surface area contributed by atoms with Crippen LogP contribution in [0.4, 0.5) is 0 Å². The van der Waals surface area contributed by atoms with Crippen LogP contribution in [0.25, 0.3) is 6.08 Å². The summed E-state index contributed by atoms with van der Waals surface area (Å²) in [6.07, 6.45) is 4.37. The maximum absolute atomic E-state index is 13.0. The van der Waals surface area contributed by atoms with Crippen LogP contribution in [0.3, 0.4) is 0 Å². The van der Waals surface area contributed by atoms with Crippen molar-refractivity contribution >= 4 is 17.8 Å². The molecule has 0 aliphatic carbocycles. The van der Waals surface area contributed by atoms with E-state index in [1.54, 1.807) is 24.3 Å². The van der Waals surface area contributed by atoms with E-state index in [1.807, 2.05) is 45.0 Å². The van der Waals surface area contributed by atoms with Crippen LogP contribution in [0.1, 0.15) is 31.2 Å². The minimum atomic E-state index is -0.686. The third kappa shape index (κ3) is 5.24. The molecule has 2 aromatic rings. The zero-order valence-corrected chi connectivity index (χ0v) is 18.2. The van der Waals surface area contributed by atoms with Gasteiger partial charge in [-0.25, -0.2) is 0 Å². The van der Waals surface area contributed by atoms with Crippen molar-refractivity contribution in [1.82, 2.24) is 9.80 Å². The van der Waals surface area contributed by atoms with Gasteiger partial charge in [-0.15, -0.1) is 0 Å². The lowest BCUT2D eigenvalue weighted by molar-refractivity contribution is -0.129. The Balaban J connectivity index is 1.95. The molecule has 0 saturated heterocycles. The van der Waals surface area contributed by atoms with Gasteiger partial charge in [-0.05, 0) is 69.9 Å². The number of furan rings is 1. The Labute approximate surface area is 182 Å².